The molecular formula is C52H70O7. The van der Waals surface area contributed by atoms with Crippen LogP contribution >= 0.6 is 0 Å². The SMILES string of the molecule is CCC(O)(CC)C(O)C(CCC(=CCC(O)C1CC1)c1cccc(CCc2ccc(CO)c(CO)c2)c1)CC(C)(C)c1cccc(CCc2ccc(CO)c(CO)c2)c1. The number of benzene rings is 4. The van der Waals surface area contributed by atoms with Gasteiger partial charge in [0.25, 0.3) is 0 Å². The van der Waals surface area contributed by atoms with Crippen LogP contribution in [0.2, 0.25) is 0 Å². The van der Waals surface area contributed by atoms with E-state index in [1.165, 1.54) is 16.7 Å². The normalized spacial score (nSPS) is 15.3. The van der Waals surface area contributed by atoms with E-state index in [9.17, 15) is 35.7 Å². The van der Waals surface area contributed by atoms with Gasteiger partial charge in [-0.05, 0) is 156 Å². The third-order valence-electron chi connectivity index (χ3n) is 13.2. The van der Waals surface area contributed by atoms with E-state index < -0.39 is 11.7 Å². The number of aliphatic hydroxyl groups is 7. The molecule has 0 radical (unpaired) electrons. The number of hydrogen-bond acceptors (Lipinski definition) is 7. The fraction of sp³-hybridized carbons (Fsp3) is 0.500. The molecule has 0 aromatic heterocycles. The number of hydrogen-bond donors (Lipinski definition) is 7. The first-order valence-corrected chi connectivity index (χ1v) is 22.0. The fourth-order valence-corrected chi connectivity index (χ4v) is 8.82. The average Bonchev–Trinajstić information content (AvgIpc) is 4.12. The average molecular weight is 807 g/mol. The monoisotopic (exact) mass is 807 g/mol. The van der Waals surface area contributed by atoms with Crippen LogP contribution in [0.15, 0.2) is 91.0 Å². The molecule has 0 aliphatic heterocycles. The van der Waals surface area contributed by atoms with E-state index in [0.29, 0.717) is 44.4 Å². The van der Waals surface area contributed by atoms with Gasteiger partial charge in [0.05, 0.1) is 44.2 Å². The summed E-state index contributed by atoms with van der Waals surface area (Å²) in [4.78, 5) is 0. The van der Waals surface area contributed by atoms with Crippen molar-refractivity contribution in [1.29, 1.82) is 0 Å². The lowest BCUT2D eigenvalue weighted by Crippen LogP contribution is -2.47. The molecule has 7 nitrogen and oxygen atoms in total. The van der Waals surface area contributed by atoms with Gasteiger partial charge in [-0.1, -0.05) is 119 Å². The van der Waals surface area contributed by atoms with E-state index in [1.54, 1.807) is 0 Å². The minimum absolute atomic E-state index is 0.0946. The van der Waals surface area contributed by atoms with Crippen molar-refractivity contribution in [1.82, 2.24) is 0 Å². The summed E-state index contributed by atoms with van der Waals surface area (Å²) in [6.07, 6.45) is 9.79. The van der Waals surface area contributed by atoms with Crippen LogP contribution in [0.1, 0.15) is 135 Å². The summed E-state index contributed by atoms with van der Waals surface area (Å²) < 4.78 is 0. The number of rotatable bonds is 24. The Hall–Kier alpha value is -3.66. The van der Waals surface area contributed by atoms with E-state index in [1.807, 2.05) is 50.2 Å². The van der Waals surface area contributed by atoms with Crippen LogP contribution in [0.25, 0.3) is 5.57 Å². The van der Waals surface area contributed by atoms with E-state index in [4.69, 9.17) is 0 Å². The van der Waals surface area contributed by atoms with Gasteiger partial charge in [0.15, 0.2) is 0 Å². The van der Waals surface area contributed by atoms with Crippen molar-refractivity contribution < 1.29 is 35.7 Å². The zero-order valence-electron chi connectivity index (χ0n) is 35.9. The predicted molar refractivity (Wildman–Crippen MR) is 238 cm³/mol. The standard InChI is InChI=1S/C52H70O7/c1-5-52(59,6-2)50(58)43(31-51(3,4)48-12-8-10-37(30-48)14-16-39-18-20-45(33-54)47(29-39)35-56)24-21-40(25-26-49(57)41-22-23-41)42-11-7-9-36(27-42)13-15-38-17-19-44(32-53)46(28-38)34-55/h7-12,17-20,25,27-30,41,43,49-50,53-59H,5-6,13-16,21-24,26,31-35H2,1-4H3. The Morgan fingerprint density at radius 1 is 0.661 bits per heavy atom. The molecular weight excluding hydrogens is 737 g/mol. The Kier molecular flexibility index (Phi) is 17.1. The van der Waals surface area contributed by atoms with Crippen LogP contribution in [-0.2, 0) is 57.5 Å². The molecule has 5 rings (SSSR count). The van der Waals surface area contributed by atoms with Crippen molar-refractivity contribution in [3.63, 3.8) is 0 Å². The van der Waals surface area contributed by atoms with Crippen molar-refractivity contribution in [2.45, 2.75) is 154 Å². The lowest BCUT2D eigenvalue weighted by Gasteiger charge is -2.40. The summed E-state index contributed by atoms with van der Waals surface area (Å²) in [5, 5.41) is 73.7. The Morgan fingerprint density at radius 2 is 1.17 bits per heavy atom. The van der Waals surface area contributed by atoms with Gasteiger partial charge < -0.3 is 35.7 Å². The first-order chi connectivity index (χ1) is 28.4. The summed E-state index contributed by atoms with van der Waals surface area (Å²) in [6.45, 7) is 7.95. The zero-order chi connectivity index (χ0) is 42.6. The lowest BCUT2D eigenvalue weighted by atomic mass is 9.70. The van der Waals surface area contributed by atoms with Crippen molar-refractivity contribution in [3.05, 3.63) is 147 Å². The molecule has 1 fully saturated rings. The maximum atomic E-state index is 12.1. The molecule has 4 aromatic rings. The largest absolute Gasteiger partial charge is 0.393 e. The van der Waals surface area contributed by atoms with Gasteiger partial charge in [-0.3, -0.25) is 0 Å². The molecule has 3 unspecified atom stereocenters. The van der Waals surface area contributed by atoms with Crippen molar-refractivity contribution in [2.75, 3.05) is 0 Å². The van der Waals surface area contributed by atoms with Crippen LogP contribution in [0, 0.1) is 11.8 Å². The topological polar surface area (TPSA) is 142 Å². The molecule has 7 N–H and O–H groups in total. The van der Waals surface area contributed by atoms with Gasteiger partial charge in [-0.15, -0.1) is 0 Å². The van der Waals surface area contributed by atoms with Gasteiger partial charge >= 0.3 is 0 Å². The van der Waals surface area contributed by atoms with Crippen molar-refractivity contribution >= 4 is 5.57 Å². The molecule has 59 heavy (non-hydrogen) atoms. The zero-order valence-corrected chi connectivity index (χ0v) is 35.9. The Labute approximate surface area is 353 Å². The molecule has 7 heteroatoms. The van der Waals surface area contributed by atoms with Gasteiger partial charge in [0.2, 0.25) is 0 Å². The summed E-state index contributed by atoms with van der Waals surface area (Å²) in [6, 6.07) is 29.1. The molecule has 3 atom stereocenters. The van der Waals surface area contributed by atoms with Crippen LogP contribution in [0.4, 0.5) is 0 Å². The molecule has 1 aliphatic rings. The number of aliphatic hydroxyl groups excluding tert-OH is 6. The van der Waals surface area contributed by atoms with Crippen LogP contribution in [0.5, 0.6) is 0 Å². The van der Waals surface area contributed by atoms with Crippen molar-refractivity contribution in [3.8, 4) is 0 Å². The summed E-state index contributed by atoms with van der Waals surface area (Å²) in [7, 11) is 0. The van der Waals surface area contributed by atoms with Crippen LogP contribution < -0.4 is 0 Å². The Bertz CT molecular complexity index is 1960. The van der Waals surface area contributed by atoms with Gasteiger partial charge in [-0.25, -0.2) is 0 Å². The highest BCUT2D eigenvalue weighted by atomic mass is 16.3. The summed E-state index contributed by atoms with van der Waals surface area (Å²) in [5.41, 5.74) is 9.53. The first kappa shape index (κ1) is 46.4. The smallest absolute Gasteiger partial charge is 0.0903 e. The van der Waals surface area contributed by atoms with Gasteiger partial charge in [0, 0.05) is 0 Å². The van der Waals surface area contributed by atoms with E-state index in [0.717, 1.165) is 83.0 Å². The van der Waals surface area contributed by atoms with Crippen LogP contribution in [-0.4, -0.2) is 53.6 Å². The summed E-state index contributed by atoms with van der Waals surface area (Å²) >= 11 is 0. The molecule has 0 bridgehead atoms. The molecule has 1 saturated carbocycles. The first-order valence-electron chi connectivity index (χ1n) is 22.0. The molecule has 0 amide bonds. The Balaban J connectivity index is 1.36. The third-order valence-corrected chi connectivity index (χ3v) is 13.2. The highest BCUT2D eigenvalue weighted by Crippen LogP contribution is 2.40. The molecule has 4 aromatic carbocycles. The van der Waals surface area contributed by atoms with Gasteiger partial charge in [-0.2, -0.15) is 0 Å². The minimum atomic E-state index is -1.21. The second-order valence-corrected chi connectivity index (χ2v) is 17.8. The van der Waals surface area contributed by atoms with E-state index in [-0.39, 0.29) is 43.9 Å². The van der Waals surface area contributed by atoms with Gasteiger partial charge in [0.1, 0.15) is 0 Å². The maximum absolute atomic E-state index is 12.1. The molecule has 320 valence electrons. The minimum Gasteiger partial charge on any atom is -0.393 e. The van der Waals surface area contributed by atoms with Crippen LogP contribution in [0.3, 0.4) is 0 Å². The summed E-state index contributed by atoms with van der Waals surface area (Å²) in [5.74, 6) is 0.156. The predicted octanol–water partition coefficient (Wildman–Crippen LogP) is 8.45. The number of aryl methyl sites for hydroxylation is 4. The second-order valence-electron chi connectivity index (χ2n) is 17.8. The van der Waals surface area contributed by atoms with Crippen molar-refractivity contribution in [2.24, 2.45) is 11.8 Å². The molecule has 0 heterocycles. The highest BCUT2D eigenvalue weighted by molar-refractivity contribution is 5.66. The molecule has 1 aliphatic carbocycles. The second kappa shape index (κ2) is 21.7. The quantitative estimate of drug-likeness (QED) is 0.0377. The van der Waals surface area contributed by atoms with E-state index in [2.05, 4.69) is 68.5 Å². The third kappa shape index (κ3) is 12.7. The highest BCUT2D eigenvalue weighted by Gasteiger charge is 2.40. The number of allylic oxidation sites excluding steroid dienone is 1. The maximum Gasteiger partial charge on any atom is 0.0903 e. The van der Waals surface area contributed by atoms with E-state index >= 15 is 0 Å². The fourth-order valence-electron chi connectivity index (χ4n) is 8.82. The molecule has 0 spiro atoms. The Morgan fingerprint density at radius 3 is 1.68 bits per heavy atom. The lowest BCUT2D eigenvalue weighted by molar-refractivity contribution is -0.110. The molecule has 0 saturated heterocycles.